The number of fused-ring (bicyclic) bond motifs is 3. The number of carbonyl (C=O) groups excluding carboxylic acids is 4. The van der Waals surface area contributed by atoms with Crippen molar-refractivity contribution in [2.45, 2.75) is 29.6 Å². The second-order valence-corrected chi connectivity index (χ2v) is 14.4. The number of carbonyl (C=O) groups is 4. The van der Waals surface area contributed by atoms with Crippen LogP contribution in [0.25, 0.3) is 0 Å². The molecule has 0 aliphatic carbocycles. The molecule has 4 aromatic rings. The van der Waals surface area contributed by atoms with Gasteiger partial charge in [0, 0.05) is 16.2 Å². The summed E-state index contributed by atoms with van der Waals surface area (Å²) in [5.74, 6) is -3.65. The summed E-state index contributed by atoms with van der Waals surface area (Å²) in [5, 5.41) is 9.86. The van der Waals surface area contributed by atoms with Crippen molar-refractivity contribution in [3.8, 4) is 5.75 Å². The zero-order chi connectivity index (χ0) is 38.7. The van der Waals surface area contributed by atoms with Gasteiger partial charge in [0.25, 0.3) is 0 Å². The van der Waals surface area contributed by atoms with Crippen LogP contribution in [0, 0.1) is 9.49 Å². The summed E-state index contributed by atoms with van der Waals surface area (Å²) in [6, 6.07) is 27.5. The van der Waals surface area contributed by atoms with Gasteiger partial charge in [0.15, 0.2) is 0 Å². The number of hydrogen-bond acceptors (Lipinski definition) is 11. The molecule has 0 unspecified atom stereocenters. The Bertz CT molecular complexity index is 2080. The molecule has 2 amide bonds. The summed E-state index contributed by atoms with van der Waals surface area (Å²) in [6.45, 7) is 3.05. The Kier molecular flexibility index (Phi) is 11.3. The van der Waals surface area contributed by atoms with Gasteiger partial charge in [-0.3, -0.25) is 19.3 Å². The Hall–Kier alpha value is -5.09. The van der Waals surface area contributed by atoms with E-state index >= 15 is 4.79 Å². The topological polar surface area (TPSA) is 141 Å². The number of methoxy groups -OCH3 is 1. The van der Waals surface area contributed by atoms with E-state index in [0.717, 1.165) is 10.5 Å². The molecule has 2 saturated heterocycles. The molecule has 3 aliphatic rings. The minimum absolute atomic E-state index is 0.0779. The Balaban J connectivity index is 1.59. The van der Waals surface area contributed by atoms with Gasteiger partial charge in [-0.15, -0.1) is 0 Å². The zero-order valence-corrected chi connectivity index (χ0v) is 32.1. The quantitative estimate of drug-likeness (QED) is 0.0605. The first-order chi connectivity index (χ1) is 26.8. The van der Waals surface area contributed by atoms with Crippen LogP contribution in [-0.2, 0) is 38.7 Å². The number of morpholine rings is 1. The molecule has 284 valence electrons. The molecule has 7 rings (SSSR count). The minimum Gasteiger partial charge on any atom is -0.491 e. The average molecular weight is 859 g/mol. The Morgan fingerprint density at radius 3 is 2.27 bits per heavy atom. The van der Waals surface area contributed by atoms with Crippen molar-refractivity contribution >= 4 is 52.2 Å². The number of nitrogens with zero attached hydrogens (tertiary/aromatic N) is 2. The number of imide groups is 1. The first kappa shape index (κ1) is 38.2. The van der Waals surface area contributed by atoms with Crippen LogP contribution < -0.4 is 9.64 Å². The van der Waals surface area contributed by atoms with E-state index in [2.05, 4.69) is 29.2 Å². The number of aliphatic hydroxyl groups excluding tert-OH is 1. The average Bonchev–Trinajstić information content (AvgIpc) is 3.66. The largest absolute Gasteiger partial charge is 0.491 e. The van der Waals surface area contributed by atoms with Gasteiger partial charge in [0.1, 0.15) is 49.0 Å². The van der Waals surface area contributed by atoms with E-state index in [1.54, 1.807) is 42.5 Å². The predicted octanol–water partition coefficient (Wildman–Crippen LogP) is 5.84. The monoisotopic (exact) mass is 858 g/mol. The summed E-state index contributed by atoms with van der Waals surface area (Å²) in [5.41, 5.74) is 0.380. The second-order valence-electron chi connectivity index (χ2n) is 13.2. The van der Waals surface area contributed by atoms with Gasteiger partial charge < -0.3 is 28.8 Å². The van der Waals surface area contributed by atoms with Gasteiger partial charge in [0.05, 0.1) is 31.0 Å². The van der Waals surface area contributed by atoms with Crippen LogP contribution in [-0.4, -0.2) is 80.1 Å². The SMILES string of the molecule is C=CCOC(=O)[C@@H]1[C@H]2C(=O)O[C@H](c3ccccc3)[C@H](c3ccccc3)N2[C@H](c2ccccc2OCCO)[C@@]12C(=O)N(C(=O)OCCOC)c1ccc(I)cc12. The van der Waals surface area contributed by atoms with E-state index in [4.69, 9.17) is 23.7 Å². The molecule has 2 fully saturated rings. The van der Waals surface area contributed by atoms with E-state index in [1.165, 1.54) is 13.2 Å². The van der Waals surface area contributed by atoms with E-state index in [1.807, 2.05) is 65.6 Å². The minimum atomic E-state index is -2.00. The predicted molar refractivity (Wildman–Crippen MR) is 208 cm³/mol. The number of halogens is 1. The maximum atomic E-state index is 15.8. The number of aliphatic hydroxyl groups is 1. The number of ether oxygens (including phenoxy) is 5. The number of rotatable bonds is 12. The van der Waals surface area contributed by atoms with E-state index < -0.39 is 59.5 Å². The number of benzene rings is 4. The van der Waals surface area contributed by atoms with Crippen molar-refractivity contribution < 1.29 is 48.0 Å². The third-order valence-electron chi connectivity index (χ3n) is 10.3. The van der Waals surface area contributed by atoms with Gasteiger partial charge in [-0.2, -0.15) is 0 Å². The molecule has 0 radical (unpaired) electrons. The van der Waals surface area contributed by atoms with E-state index in [9.17, 15) is 19.5 Å². The fraction of sp³-hybridized carbons (Fsp3) is 0.286. The highest BCUT2D eigenvalue weighted by atomic mass is 127. The highest BCUT2D eigenvalue weighted by Crippen LogP contribution is 2.66. The van der Waals surface area contributed by atoms with Crippen LogP contribution in [0.4, 0.5) is 10.5 Å². The maximum Gasteiger partial charge on any atom is 0.421 e. The van der Waals surface area contributed by atoms with Gasteiger partial charge >= 0.3 is 18.0 Å². The fourth-order valence-corrected chi connectivity index (χ4v) is 8.79. The standard InChI is InChI=1S/C42H39IN2O10/c1-3-21-53-38(47)33-35-39(48)55-36(27-14-8-5-9-15-27)34(26-12-6-4-7-13-26)45(35)37(29-16-10-11-17-32(29)52-22-20-46)42(33)30-25-28(43)18-19-31(30)44(40(42)49)41(50)54-24-23-51-2/h3-19,25,33-37,46H,1,20-24H2,2H3/t33-,34-,35-,36+,37+,42-/m0/s1. The molecule has 6 atom stereocenters. The number of hydrogen-bond donors (Lipinski definition) is 1. The van der Waals surface area contributed by atoms with Crippen LogP contribution in [0.5, 0.6) is 5.75 Å². The molecular weight excluding hydrogens is 819 g/mol. The molecule has 0 saturated carbocycles. The summed E-state index contributed by atoms with van der Waals surface area (Å²) in [4.78, 5) is 62.4. The van der Waals surface area contributed by atoms with Crippen LogP contribution >= 0.6 is 22.6 Å². The maximum absolute atomic E-state index is 15.8. The van der Waals surface area contributed by atoms with Crippen molar-refractivity contribution in [1.29, 1.82) is 0 Å². The Labute approximate surface area is 331 Å². The van der Waals surface area contributed by atoms with Crippen molar-refractivity contribution in [3.05, 3.63) is 142 Å². The van der Waals surface area contributed by atoms with Crippen molar-refractivity contribution in [2.24, 2.45) is 5.92 Å². The fourth-order valence-electron chi connectivity index (χ4n) is 8.30. The second kappa shape index (κ2) is 16.3. The third-order valence-corrected chi connectivity index (χ3v) is 10.9. The molecule has 1 N–H and O–H groups in total. The molecule has 0 aromatic heterocycles. The Morgan fingerprint density at radius 2 is 1.58 bits per heavy atom. The molecular formula is C42H39IN2O10. The zero-order valence-electron chi connectivity index (χ0n) is 29.9. The molecule has 3 heterocycles. The lowest BCUT2D eigenvalue weighted by molar-refractivity contribution is -0.180. The normalized spacial score (nSPS) is 24.2. The van der Waals surface area contributed by atoms with E-state index in [0.29, 0.717) is 26.0 Å². The van der Waals surface area contributed by atoms with Gasteiger partial charge in [-0.1, -0.05) is 91.5 Å². The molecule has 13 heteroatoms. The molecule has 0 bridgehead atoms. The molecule has 12 nitrogen and oxygen atoms in total. The molecule has 3 aliphatic heterocycles. The van der Waals surface area contributed by atoms with Crippen LogP contribution in [0.1, 0.15) is 40.4 Å². The lowest BCUT2D eigenvalue weighted by Crippen LogP contribution is -2.53. The summed E-state index contributed by atoms with van der Waals surface area (Å²) in [6.07, 6.45) is -0.475. The summed E-state index contributed by atoms with van der Waals surface area (Å²) < 4.78 is 29.7. The van der Waals surface area contributed by atoms with Crippen LogP contribution in [0.2, 0.25) is 0 Å². The lowest BCUT2D eigenvalue weighted by atomic mass is 9.65. The lowest BCUT2D eigenvalue weighted by Gasteiger charge is -2.46. The van der Waals surface area contributed by atoms with Crippen molar-refractivity contribution in [1.82, 2.24) is 4.90 Å². The smallest absolute Gasteiger partial charge is 0.421 e. The van der Waals surface area contributed by atoms with Crippen molar-refractivity contribution in [2.75, 3.05) is 45.0 Å². The van der Waals surface area contributed by atoms with Gasteiger partial charge in [0.2, 0.25) is 5.91 Å². The van der Waals surface area contributed by atoms with Crippen molar-refractivity contribution in [3.63, 3.8) is 0 Å². The molecule has 1 spiro atoms. The molecule has 55 heavy (non-hydrogen) atoms. The number of cyclic esters (lactones) is 1. The highest BCUT2D eigenvalue weighted by molar-refractivity contribution is 14.1. The van der Waals surface area contributed by atoms with Gasteiger partial charge in [-0.05, 0) is 63.5 Å². The summed E-state index contributed by atoms with van der Waals surface area (Å²) >= 11 is 2.12. The number of para-hydroxylation sites is 1. The highest BCUT2D eigenvalue weighted by Gasteiger charge is 2.76. The Morgan fingerprint density at radius 1 is 0.891 bits per heavy atom. The first-order valence-electron chi connectivity index (χ1n) is 17.8. The summed E-state index contributed by atoms with van der Waals surface area (Å²) in [7, 11) is 1.46. The number of esters is 2. The number of amides is 2. The van der Waals surface area contributed by atoms with Crippen LogP contribution in [0.3, 0.4) is 0 Å². The first-order valence-corrected chi connectivity index (χ1v) is 18.9. The van der Waals surface area contributed by atoms with E-state index in [-0.39, 0.29) is 38.7 Å². The number of anilines is 1. The van der Waals surface area contributed by atoms with Gasteiger partial charge in [-0.25, -0.2) is 9.69 Å². The third kappa shape index (κ3) is 6.58. The van der Waals surface area contributed by atoms with Crippen LogP contribution in [0.15, 0.2) is 116 Å². The molecule has 4 aromatic carbocycles.